The average molecular weight is 281 g/mol. The Labute approximate surface area is 85.4 Å². The van der Waals surface area contributed by atoms with Gasteiger partial charge >= 0.3 is 0 Å². The Kier molecular flexibility index (Phi) is 3.49. The van der Waals surface area contributed by atoms with Crippen molar-refractivity contribution in [1.82, 2.24) is 5.32 Å². The van der Waals surface area contributed by atoms with Gasteiger partial charge in [0, 0.05) is 0 Å². The van der Waals surface area contributed by atoms with Crippen LogP contribution in [-0.2, 0) is 9.59 Å². The van der Waals surface area contributed by atoms with E-state index in [1.165, 1.54) is 0 Å². The fraction of sp³-hybridized carbons (Fsp3) is 0.750. The topological polar surface area (TPSA) is 46.2 Å². The van der Waals surface area contributed by atoms with E-state index in [0.717, 1.165) is 19.3 Å². The van der Waals surface area contributed by atoms with Crippen LogP contribution in [0.4, 0.5) is 0 Å². The molecule has 1 rings (SSSR count). The van der Waals surface area contributed by atoms with Gasteiger partial charge in [-0.25, -0.2) is 0 Å². The van der Waals surface area contributed by atoms with Crippen LogP contribution in [0.3, 0.4) is 0 Å². The van der Waals surface area contributed by atoms with Crippen molar-refractivity contribution in [3.63, 3.8) is 0 Å². The lowest BCUT2D eigenvalue weighted by atomic mass is 10.0. The van der Waals surface area contributed by atoms with Gasteiger partial charge in [0.15, 0.2) is 0 Å². The quantitative estimate of drug-likeness (QED) is 0.481. The van der Waals surface area contributed by atoms with Crippen LogP contribution in [0.2, 0.25) is 0 Å². The number of imide groups is 1. The summed E-state index contributed by atoms with van der Waals surface area (Å²) in [5, 5.41) is 2.34. The van der Waals surface area contributed by atoms with Gasteiger partial charge in [-0.1, -0.05) is 42.4 Å². The summed E-state index contributed by atoms with van der Waals surface area (Å²) in [6.07, 6.45) is 2.92. The summed E-state index contributed by atoms with van der Waals surface area (Å²) in [5.74, 6) is -0.299. The number of carbonyl (C=O) groups is 2. The third-order valence-corrected chi connectivity index (χ3v) is 3.49. The van der Waals surface area contributed by atoms with Crippen LogP contribution in [0.5, 0.6) is 0 Å². The van der Waals surface area contributed by atoms with Crippen LogP contribution < -0.4 is 5.32 Å². The van der Waals surface area contributed by atoms with Crippen LogP contribution in [-0.4, -0.2) is 15.7 Å². The van der Waals surface area contributed by atoms with E-state index < -0.39 is 0 Å². The SMILES string of the molecule is CCCCC1C(=O)NC(=O)C1I. The zero-order valence-electron chi connectivity index (χ0n) is 6.97. The van der Waals surface area contributed by atoms with Gasteiger partial charge in [0.25, 0.3) is 0 Å². The molecule has 1 aliphatic rings. The number of hydrogen-bond acceptors (Lipinski definition) is 2. The Balaban J connectivity index is 2.51. The van der Waals surface area contributed by atoms with Crippen molar-refractivity contribution in [2.24, 2.45) is 5.92 Å². The van der Waals surface area contributed by atoms with Gasteiger partial charge in [0.2, 0.25) is 11.8 Å². The molecule has 68 valence electrons. The van der Waals surface area contributed by atoms with Crippen molar-refractivity contribution in [2.75, 3.05) is 0 Å². The van der Waals surface area contributed by atoms with Crippen molar-refractivity contribution in [3.05, 3.63) is 0 Å². The molecule has 1 aliphatic heterocycles. The smallest absolute Gasteiger partial charge is 0.240 e. The number of nitrogens with one attached hydrogen (secondary N) is 1. The maximum Gasteiger partial charge on any atom is 0.240 e. The van der Waals surface area contributed by atoms with E-state index in [2.05, 4.69) is 12.2 Å². The highest BCUT2D eigenvalue weighted by molar-refractivity contribution is 14.1. The first-order chi connectivity index (χ1) is 5.66. The molecule has 3 nitrogen and oxygen atoms in total. The fourth-order valence-electron chi connectivity index (χ4n) is 1.30. The van der Waals surface area contributed by atoms with Gasteiger partial charge in [-0.15, -0.1) is 0 Å². The monoisotopic (exact) mass is 281 g/mol. The molecule has 1 saturated heterocycles. The second-order valence-corrected chi connectivity index (χ2v) is 4.35. The van der Waals surface area contributed by atoms with E-state index in [-0.39, 0.29) is 21.7 Å². The van der Waals surface area contributed by atoms with E-state index in [1.807, 2.05) is 22.6 Å². The molecule has 0 aromatic heterocycles. The van der Waals surface area contributed by atoms with Crippen molar-refractivity contribution < 1.29 is 9.59 Å². The van der Waals surface area contributed by atoms with Crippen molar-refractivity contribution >= 4 is 34.4 Å². The fourth-order valence-corrected chi connectivity index (χ4v) is 2.14. The van der Waals surface area contributed by atoms with Gasteiger partial charge in [0.1, 0.15) is 3.92 Å². The third kappa shape index (κ3) is 1.97. The molecular formula is C8H12INO2. The molecule has 2 unspecified atom stereocenters. The first-order valence-electron chi connectivity index (χ1n) is 4.15. The highest BCUT2D eigenvalue weighted by Crippen LogP contribution is 2.24. The second-order valence-electron chi connectivity index (χ2n) is 3.00. The number of carbonyl (C=O) groups excluding carboxylic acids is 2. The van der Waals surface area contributed by atoms with Gasteiger partial charge in [0.05, 0.1) is 5.92 Å². The Bertz CT molecular complexity index is 205. The third-order valence-electron chi connectivity index (χ3n) is 2.06. The number of halogens is 1. The van der Waals surface area contributed by atoms with Gasteiger partial charge in [-0.05, 0) is 6.42 Å². The van der Waals surface area contributed by atoms with Crippen LogP contribution in [0.15, 0.2) is 0 Å². The summed E-state index contributed by atoms with van der Waals surface area (Å²) in [5.41, 5.74) is 0. The Morgan fingerprint density at radius 3 is 2.50 bits per heavy atom. The molecule has 0 radical (unpaired) electrons. The predicted octanol–water partition coefficient (Wildman–Crippen LogP) is 1.25. The predicted molar refractivity (Wildman–Crippen MR) is 54.0 cm³/mol. The van der Waals surface area contributed by atoms with E-state index in [1.54, 1.807) is 0 Å². The molecule has 4 heteroatoms. The summed E-state index contributed by atoms with van der Waals surface area (Å²) in [6, 6.07) is 0. The highest BCUT2D eigenvalue weighted by Gasteiger charge is 2.38. The molecule has 0 saturated carbocycles. The average Bonchev–Trinajstić information content (AvgIpc) is 2.25. The van der Waals surface area contributed by atoms with E-state index in [9.17, 15) is 9.59 Å². The molecule has 0 aliphatic carbocycles. The Morgan fingerprint density at radius 2 is 2.08 bits per heavy atom. The minimum absolute atomic E-state index is 0.0851. The van der Waals surface area contributed by atoms with E-state index in [0.29, 0.717) is 0 Å². The first-order valence-corrected chi connectivity index (χ1v) is 5.40. The van der Waals surface area contributed by atoms with Crippen molar-refractivity contribution in [3.8, 4) is 0 Å². The van der Waals surface area contributed by atoms with E-state index in [4.69, 9.17) is 0 Å². The molecule has 1 N–H and O–H groups in total. The maximum absolute atomic E-state index is 11.2. The van der Waals surface area contributed by atoms with Gasteiger partial charge < -0.3 is 0 Å². The number of rotatable bonds is 3. The lowest BCUT2D eigenvalue weighted by Gasteiger charge is -2.07. The van der Waals surface area contributed by atoms with Crippen LogP contribution in [0.25, 0.3) is 0 Å². The molecule has 1 heterocycles. The molecular weight excluding hydrogens is 269 g/mol. The summed E-state index contributed by atoms with van der Waals surface area (Å²) >= 11 is 2.04. The Morgan fingerprint density at radius 1 is 1.42 bits per heavy atom. The lowest BCUT2D eigenvalue weighted by molar-refractivity contribution is -0.125. The minimum atomic E-state index is -0.151. The highest BCUT2D eigenvalue weighted by atomic mass is 127. The molecule has 12 heavy (non-hydrogen) atoms. The zero-order valence-corrected chi connectivity index (χ0v) is 9.13. The summed E-state index contributed by atoms with van der Waals surface area (Å²) in [6.45, 7) is 2.08. The van der Waals surface area contributed by atoms with Crippen LogP contribution in [0, 0.1) is 5.92 Å². The number of hydrogen-bond donors (Lipinski definition) is 1. The van der Waals surface area contributed by atoms with Crippen molar-refractivity contribution in [1.29, 1.82) is 0 Å². The summed E-state index contributed by atoms with van der Waals surface area (Å²) in [7, 11) is 0. The Hall–Kier alpha value is -0.130. The molecule has 2 atom stereocenters. The summed E-state index contributed by atoms with van der Waals surface area (Å²) in [4.78, 5) is 22.2. The number of unbranched alkanes of at least 4 members (excludes halogenated alkanes) is 1. The van der Waals surface area contributed by atoms with Crippen LogP contribution in [0.1, 0.15) is 26.2 Å². The summed E-state index contributed by atoms with van der Waals surface area (Å²) < 4.78 is -0.151. The molecule has 0 bridgehead atoms. The number of amides is 2. The largest absolute Gasteiger partial charge is 0.295 e. The first kappa shape index (κ1) is 9.95. The molecule has 0 aromatic carbocycles. The molecule has 2 amide bonds. The maximum atomic E-state index is 11.2. The normalized spacial score (nSPS) is 29.2. The molecule has 1 fully saturated rings. The number of alkyl halides is 1. The molecule has 0 spiro atoms. The van der Waals surface area contributed by atoms with Gasteiger partial charge in [-0.2, -0.15) is 0 Å². The molecule has 0 aromatic rings. The minimum Gasteiger partial charge on any atom is -0.295 e. The zero-order chi connectivity index (χ0) is 9.14. The van der Waals surface area contributed by atoms with Crippen LogP contribution >= 0.6 is 22.6 Å². The second kappa shape index (κ2) is 4.20. The lowest BCUT2D eigenvalue weighted by Crippen LogP contribution is -2.22. The standard InChI is InChI=1S/C8H12INO2/c1-2-3-4-5-6(9)8(12)10-7(5)11/h5-6H,2-4H2,1H3,(H,10,11,12). The van der Waals surface area contributed by atoms with Gasteiger partial charge in [-0.3, -0.25) is 14.9 Å². The van der Waals surface area contributed by atoms with Crippen molar-refractivity contribution in [2.45, 2.75) is 30.1 Å². The van der Waals surface area contributed by atoms with E-state index >= 15 is 0 Å².